The van der Waals surface area contributed by atoms with Gasteiger partial charge in [0, 0.05) is 12.0 Å². The van der Waals surface area contributed by atoms with Gasteiger partial charge in [-0.2, -0.15) is 13.2 Å². The summed E-state index contributed by atoms with van der Waals surface area (Å²) in [7, 11) is 0. The average molecular weight is 291 g/mol. The van der Waals surface area contributed by atoms with Crippen LogP contribution in [0, 0.1) is 0 Å². The molecular formula is C17H16F3N. The standard InChI is InChI=1S/C17H16F3N/c18-17(19,20)13-6-3-4-11(8-13)9-16(21)15-10-12-5-1-2-7-14(12)15/h1-8,15-16H,9-10,21H2. The molecule has 21 heavy (non-hydrogen) atoms. The molecule has 0 saturated heterocycles. The number of halogens is 3. The fourth-order valence-electron chi connectivity index (χ4n) is 2.97. The molecule has 1 aliphatic carbocycles. The zero-order valence-electron chi connectivity index (χ0n) is 11.4. The molecule has 0 fully saturated rings. The normalized spacial score (nSPS) is 18.8. The number of hydrogen-bond donors (Lipinski definition) is 1. The summed E-state index contributed by atoms with van der Waals surface area (Å²) in [6, 6.07) is 13.4. The van der Waals surface area contributed by atoms with Crippen molar-refractivity contribution in [1.82, 2.24) is 0 Å². The Labute approximate surface area is 121 Å². The minimum absolute atomic E-state index is 0.150. The summed E-state index contributed by atoms with van der Waals surface area (Å²) in [4.78, 5) is 0. The van der Waals surface area contributed by atoms with Gasteiger partial charge in [-0.3, -0.25) is 0 Å². The molecule has 0 spiro atoms. The summed E-state index contributed by atoms with van der Waals surface area (Å²) in [5, 5.41) is 0. The second kappa shape index (κ2) is 5.19. The topological polar surface area (TPSA) is 26.0 Å². The Kier molecular flexibility index (Phi) is 3.49. The van der Waals surface area contributed by atoms with E-state index >= 15 is 0 Å². The summed E-state index contributed by atoms with van der Waals surface area (Å²) >= 11 is 0. The van der Waals surface area contributed by atoms with Gasteiger partial charge in [-0.05, 0) is 35.6 Å². The van der Waals surface area contributed by atoms with Crippen molar-refractivity contribution in [2.75, 3.05) is 0 Å². The first-order chi connectivity index (χ1) is 9.95. The van der Waals surface area contributed by atoms with Crippen LogP contribution in [0.4, 0.5) is 13.2 Å². The van der Waals surface area contributed by atoms with Gasteiger partial charge in [-0.15, -0.1) is 0 Å². The quantitative estimate of drug-likeness (QED) is 0.911. The molecule has 1 aliphatic rings. The van der Waals surface area contributed by atoms with E-state index in [2.05, 4.69) is 12.1 Å². The Balaban J connectivity index is 1.73. The molecule has 3 rings (SSSR count). The molecule has 110 valence electrons. The molecule has 0 amide bonds. The van der Waals surface area contributed by atoms with Crippen LogP contribution in [0.1, 0.15) is 28.2 Å². The van der Waals surface area contributed by atoms with Crippen molar-refractivity contribution in [1.29, 1.82) is 0 Å². The van der Waals surface area contributed by atoms with Gasteiger partial charge >= 0.3 is 6.18 Å². The van der Waals surface area contributed by atoms with E-state index in [1.807, 2.05) is 12.1 Å². The van der Waals surface area contributed by atoms with Crippen LogP contribution < -0.4 is 5.73 Å². The Hall–Kier alpha value is -1.81. The van der Waals surface area contributed by atoms with Gasteiger partial charge in [0.25, 0.3) is 0 Å². The van der Waals surface area contributed by atoms with Crippen LogP contribution >= 0.6 is 0 Å². The molecule has 2 aromatic rings. The zero-order valence-corrected chi connectivity index (χ0v) is 11.4. The highest BCUT2D eigenvalue weighted by Crippen LogP contribution is 2.37. The van der Waals surface area contributed by atoms with Gasteiger partial charge in [-0.25, -0.2) is 0 Å². The van der Waals surface area contributed by atoms with Crippen LogP contribution in [0.5, 0.6) is 0 Å². The second-order valence-electron chi connectivity index (χ2n) is 5.58. The predicted octanol–water partition coefficient (Wildman–Crippen LogP) is 3.92. The monoisotopic (exact) mass is 291 g/mol. The van der Waals surface area contributed by atoms with E-state index in [0.29, 0.717) is 12.0 Å². The average Bonchev–Trinajstić information content (AvgIpc) is 2.39. The van der Waals surface area contributed by atoms with Crippen molar-refractivity contribution < 1.29 is 13.2 Å². The maximum absolute atomic E-state index is 12.7. The first-order valence-corrected chi connectivity index (χ1v) is 6.94. The van der Waals surface area contributed by atoms with Crippen molar-refractivity contribution in [3.63, 3.8) is 0 Å². The summed E-state index contributed by atoms with van der Waals surface area (Å²) in [5.41, 5.74) is 8.76. The van der Waals surface area contributed by atoms with Crippen LogP contribution in [0.25, 0.3) is 0 Å². The first-order valence-electron chi connectivity index (χ1n) is 6.94. The molecule has 0 aliphatic heterocycles. The number of rotatable bonds is 3. The minimum Gasteiger partial charge on any atom is -0.327 e. The van der Waals surface area contributed by atoms with Crippen molar-refractivity contribution in [2.45, 2.75) is 31.0 Å². The van der Waals surface area contributed by atoms with Crippen LogP contribution in [0.3, 0.4) is 0 Å². The molecule has 2 atom stereocenters. The van der Waals surface area contributed by atoms with E-state index in [-0.39, 0.29) is 12.0 Å². The predicted molar refractivity (Wildman–Crippen MR) is 76.0 cm³/mol. The van der Waals surface area contributed by atoms with Crippen molar-refractivity contribution in [3.8, 4) is 0 Å². The van der Waals surface area contributed by atoms with Crippen LogP contribution in [0.2, 0.25) is 0 Å². The molecule has 0 saturated carbocycles. The van der Waals surface area contributed by atoms with Gasteiger partial charge in [0.15, 0.2) is 0 Å². The number of nitrogens with two attached hydrogens (primary N) is 1. The summed E-state index contributed by atoms with van der Waals surface area (Å²) in [5.74, 6) is 0.246. The molecule has 0 bridgehead atoms. The van der Waals surface area contributed by atoms with E-state index in [9.17, 15) is 13.2 Å². The smallest absolute Gasteiger partial charge is 0.327 e. The van der Waals surface area contributed by atoms with Gasteiger partial charge in [0.2, 0.25) is 0 Å². The van der Waals surface area contributed by atoms with E-state index in [1.165, 1.54) is 23.3 Å². The largest absolute Gasteiger partial charge is 0.416 e. The number of fused-ring (bicyclic) bond motifs is 1. The third-order valence-corrected chi connectivity index (χ3v) is 4.14. The minimum atomic E-state index is -4.30. The summed E-state index contributed by atoms with van der Waals surface area (Å²) in [6.45, 7) is 0. The number of alkyl halides is 3. The highest BCUT2D eigenvalue weighted by Gasteiger charge is 2.32. The zero-order chi connectivity index (χ0) is 15.0. The third-order valence-electron chi connectivity index (χ3n) is 4.14. The SMILES string of the molecule is NC(Cc1cccc(C(F)(F)F)c1)C1Cc2ccccc21. The lowest BCUT2D eigenvalue weighted by Crippen LogP contribution is -2.37. The van der Waals surface area contributed by atoms with Gasteiger partial charge in [0.1, 0.15) is 0 Å². The van der Waals surface area contributed by atoms with E-state index in [4.69, 9.17) is 5.73 Å². The van der Waals surface area contributed by atoms with Crippen molar-refractivity contribution in [3.05, 3.63) is 70.8 Å². The second-order valence-corrected chi connectivity index (χ2v) is 5.58. The lowest BCUT2D eigenvalue weighted by atomic mass is 9.72. The van der Waals surface area contributed by atoms with Crippen LogP contribution in [0.15, 0.2) is 48.5 Å². The molecule has 2 unspecified atom stereocenters. The molecule has 0 heterocycles. The third kappa shape index (κ3) is 2.81. The van der Waals surface area contributed by atoms with Gasteiger partial charge < -0.3 is 5.73 Å². The van der Waals surface area contributed by atoms with E-state index < -0.39 is 11.7 Å². The highest BCUT2D eigenvalue weighted by molar-refractivity contribution is 5.41. The maximum atomic E-state index is 12.7. The molecule has 0 aromatic heterocycles. The Morgan fingerprint density at radius 3 is 2.57 bits per heavy atom. The van der Waals surface area contributed by atoms with Crippen molar-refractivity contribution in [2.24, 2.45) is 5.73 Å². The Bertz CT molecular complexity index is 648. The van der Waals surface area contributed by atoms with E-state index in [0.717, 1.165) is 12.5 Å². The van der Waals surface area contributed by atoms with E-state index in [1.54, 1.807) is 6.07 Å². The molecule has 4 heteroatoms. The molecule has 2 N–H and O–H groups in total. The lowest BCUT2D eigenvalue weighted by Gasteiger charge is -2.34. The van der Waals surface area contributed by atoms with Crippen molar-refractivity contribution >= 4 is 0 Å². The number of benzene rings is 2. The summed E-state index contributed by atoms with van der Waals surface area (Å²) < 4.78 is 38.1. The maximum Gasteiger partial charge on any atom is 0.416 e. The molecule has 0 radical (unpaired) electrons. The Morgan fingerprint density at radius 2 is 1.86 bits per heavy atom. The number of hydrogen-bond acceptors (Lipinski definition) is 1. The first kappa shape index (κ1) is 14.1. The molecule has 1 nitrogen and oxygen atoms in total. The summed E-state index contributed by atoms with van der Waals surface area (Å²) in [6.07, 6.45) is -2.93. The highest BCUT2D eigenvalue weighted by atomic mass is 19.4. The fraction of sp³-hybridized carbons (Fsp3) is 0.294. The fourth-order valence-corrected chi connectivity index (χ4v) is 2.97. The van der Waals surface area contributed by atoms with Crippen LogP contribution in [-0.4, -0.2) is 6.04 Å². The molecular weight excluding hydrogens is 275 g/mol. The molecule has 2 aromatic carbocycles. The lowest BCUT2D eigenvalue weighted by molar-refractivity contribution is -0.137. The van der Waals surface area contributed by atoms with Gasteiger partial charge in [-0.1, -0.05) is 42.5 Å². The van der Waals surface area contributed by atoms with Gasteiger partial charge in [0.05, 0.1) is 5.56 Å². The van der Waals surface area contributed by atoms with Crippen LogP contribution in [-0.2, 0) is 19.0 Å². The Morgan fingerprint density at radius 1 is 1.10 bits per heavy atom.